The predicted molar refractivity (Wildman–Crippen MR) is 133 cm³/mol. The van der Waals surface area contributed by atoms with Crippen molar-refractivity contribution in [3.63, 3.8) is 0 Å². The van der Waals surface area contributed by atoms with Crippen LogP contribution in [0.1, 0.15) is 49.9 Å². The van der Waals surface area contributed by atoms with Gasteiger partial charge in [-0.05, 0) is 46.2 Å². The van der Waals surface area contributed by atoms with Crippen LogP contribution in [0.2, 0.25) is 0 Å². The van der Waals surface area contributed by atoms with Crippen LogP contribution in [-0.4, -0.2) is 73.5 Å². The number of thiazole rings is 1. The van der Waals surface area contributed by atoms with Crippen LogP contribution in [0.4, 0.5) is 0 Å². The highest BCUT2D eigenvalue weighted by Crippen LogP contribution is 2.21. The summed E-state index contributed by atoms with van der Waals surface area (Å²) in [6.45, 7) is 9.11. The van der Waals surface area contributed by atoms with E-state index >= 15 is 0 Å². The number of piperidine rings is 1. The van der Waals surface area contributed by atoms with Gasteiger partial charge < -0.3 is 25.6 Å². The number of amides is 1. The third kappa shape index (κ3) is 8.64. The number of guanidine groups is 1. The maximum Gasteiger partial charge on any atom is 0.221 e. The van der Waals surface area contributed by atoms with Crippen LogP contribution >= 0.6 is 35.3 Å². The molecule has 172 valence electrons. The molecular weight excluding hydrogens is 515 g/mol. The molecule has 0 saturated carbocycles. The number of halogens is 1. The zero-order valence-corrected chi connectivity index (χ0v) is 21.7. The van der Waals surface area contributed by atoms with Gasteiger partial charge in [-0.25, -0.2) is 4.98 Å². The predicted octanol–water partition coefficient (Wildman–Crippen LogP) is 2.45. The van der Waals surface area contributed by atoms with E-state index in [2.05, 4.69) is 32.4 Å². The van der Waals surface area contributed by atoms with Crippen molar-refractivity contribution < 1.29 is 9.53 Å². The Morgan fingerprint density at radius 2 is 2.33 bits per heavy atom. The highest BCUT2D eigenvalue weighted by Gasteiger charge is 2.23. The fraction of sp³-hybridized carbons (Fsp3) is 0.750. The molecule has 2 atom stereocenters. The number of hydrogen-bond acceptors (Lipinski definition) is 6. The molecular formula is C20H37IN6O2S. The largest absolute Gasteiger partial charge is 0.375 e. The van der Waals surface area contributed by atoms with Gasteiger partial charge in [0.15, 0.2) is 5.96 Å². The van der Waals surface area contributed by atoms with Gasteiger partial charge in [0.1, 0.15) is 11.1 Å². The van der Waals surface area contributed by atoms with Gasteiger partial charge in [0.05, 0.1) is 18.2 Å². The number of primary amides is 1. The average molecular weight is 553 g/mol. The number of likely N-dealkylation sites (tertiary alicyclic amines) is 1. The Bertz CT molecular complexity index is 671. The zero-order chi connectivity index (χ0) is 21.2. The summed E-state index contributed by atoms with van der Waals surface area (Å²) in [5.41, 5.74) is 6.49. The quantitative estimate of drug-likeness (QED) is 0.201. The summed E-state index contributed by atoms with van der Waals surface area (Å²) < 4.78 is 5.34. The van der Waals surface area contributed by atoms with Crippen molar-refractivity contribution in [2.75, 3.05) is 46.9 Å². The summed E-state index contributed by atoms with van der Waals surface area (Å²) in [6.07, 6.45) is 2.94. The monoisotopic (exact) mass is 552 g/mol. The topological polar surface area (TPSA) is 96.1 Å². The lowest BCUT2D eigenvalue weighted by Gasteiger charge is -2.30. The number of nitrogens with zero attached hydrogens (tertiary/aromatic N) is 4. The molecule has 1 aliphatic heterocycles. The van der Waals surface area contributed by atoms with Gasteiger partial charge in [0.2, 0.25) is 5.91 Å². The maximum atomic E-state index is 11.4. The van der Waals surface area contributed by atoms with Crippen LogP contribution < -0.4 is 11.1 Å². The summed E-state index contributed by atoms with van der Waals surface area (Å²) in [5.74, 6) is 0.712. The first-order valence-electron chi connectivity index (χ1n) is 10.4. The van der Waals surface area contributed by atoms with E-state index in [0.717, 1.165) is 68.6 Å². The average Bonchev–Trinajstić information content (AvgIpc) is 3.18. The zero-order valence-electron chi connectivity index (χ0n) is 18.6. The van der Waals surface area contributed by atoms with Crippen molar-refractivity contribution in [3.8, 4) is 0 Å². The van der Waals surface area contributed by atoms with E-state index in [-0.39, 0.29) is 41.9 Å². The van der Waals surface area contributed by atoms with Crippen LogP contribution in [0.5, 0.6) is 0 Å². The van der Waals surface area contributed by atoms with Crippen molar-refractivity contribution in [2.45, 2.75) is 45.8 Å². The molecule has 1 saturated heterocycles. The maximum absolute atomic E-state index is 11.4. The number of ether oxygens (including phenoxy) is 1. The van der Waals surface area contributed by atoms with Gasteiger partial charge in [-0.15, -0.1) is 35.3 Å². The van der Waals surface area contributed by atoms with Crippen LogP contribution in [0.15, 0.2) is 10.4 Å². The molecule has 30 heavy (non-hydrogen) atoms. The highest BCUT2D eigenvalue weighted by atomic mass is 127. The SMILES string of the molecule is CCNC(=NCCCN1CCCC(C(N)=O)C1)N(C)Cc1csc(C(C)OC)n1.I. The Balaban J connectivity index is 0.00000450. The third-order valence-corrected chi connectivity index (χ3v) is 6.22. The lowest BCUT2D eigenvalue weighted by atomic mass is 9.97. The standard InChI is InChI=1S/C20H36N6O2S.HI/c1-5-22-20(25(3)13-17-14-29-19(24-17)15(2)28-4)23-9-7-11-26-10-6-8-16(12-26)18(21)27;/h14-16H,5-13H2,1-4H3,(H2,21,27)(H,22,23);1H. The highest BCUT2D eigenvalue weighted by molar-refractivity contribution is 14.0. The number of aliphatic imine (C=N–C) groups is 1. The molecule has 1 aliphatic rings. The molecule has 0 radical (unpaired) electrons. The smallest absolute Gasteiger partial charge is 0.221 e. The number of carbonyl (C=O) groups is 1. The molecule has 0 bridgehead atoms. The normalized spacial score (nSPS) is 18.5. The minimum Gasteiger partial charge on any atom is -0.375 e. The van der Waals surface area contributed by atoms with E-state index in [1.807, 2.05) is 14.0 Å². The molecule has 8 nitrogen and oxygen atoms in total. The number of aromatic nitrogens is 1. The summed E-state index contributed by atoms with van der Waals surface area (Å²) in [7, 11) is 3.73. The second-order valence-corrected chi connectivity index (χ2v) is 8.43. The number of hydrogen-bond donors (Lipinski definition) is 2. The lowest BCUT2D eigenvalue weighted by molar-refractivity contribution is -0.123. The number of methoxy groups -OCH3 is 1. The third-order valence-electron chi connectivity index (χ3n) is 5.17. The molecule has 2 rings (SSSR count). The van der Waals surface area contributed by atoms with Crippen molar-refractivity contribution in [1.82, 2.24) is 20.1 Å². The first kappa shape index (κ1) is 27.1. The van der Waals surface area contributed by atoms with Gasteiger partial charge in [-0.3, -0.25) is 9.79 Å². The van der Waals surface area contributed by atoms with E-state index < -0.39 is 0 Å². The van der Waals surface area contributed by atoms with Crippen molar-refractivity contribution in [3.05, 3.63) is 16.1 Å². The van der Waals surface area contributed by atoms with Gasteiger partial charge in [-0.2, -0.15) is 0 Å². The van der Waals surface area contributed by atoms with Gasteiger partial charge in [0.25, 0.3) is 0 Å². The number of nitrogens with two attached hydrogens (primary N) is 1. The minimum absolute atomic E-state index is 0. The van der Waals surface area contributed by atoms with Crippen LogP contribution in [0.25, 0.3) is 0 Å². The fourth-order valence-electron chi connectivity index (χ4n) is 3.44. The van der Waals surface area contributed by atoms with E-state index in [1.165, 1.54) is 0 Å². The van der Waals surface area contributed by atoms with Crippen LogP contribution in [0.3, 0.4) is 0 Å². The number of nitrogens with one attached hydrogen (secondary N) is 1. The molecule has 2 unspecified atom stereocenters. The Morgan fingerprint density at radius 1 is 1.57 bits per heavy atom. The molecule has 1 amide bonds. The Labute approximate surface area is 201 Å². The lowest BCUT2D eigenvalue weighted by Crippen LogP contribution is -2.41. The van der Waals surface area contributed by atoms with Gasteiger partial charge in [0, 0.05) is 39.2 Å². The second-order valence-electron chi connectivity index (χ2n) is 7.54. The van der Waals surface area contributed by atoms with Crippen molar-refractivity contribution in [2.24, 2.45) is 16.6 Å². The Hall–Kier alpha value is -0.980. The number of carbonyl (C=O) groups excluding carboxylic acids is 1. The van der Waals surface area contributed by atoms with E-state index in [0.29, 0.717) is 6.54 Å². The van der Waals surface area contributed by atoms with E-state index in [4.69, 9.17) is 15.5 Å². The molecule has 3 N–H and O–H groups in total. The molecule has 0 aromatic carbocycles. The summed E-state index contributed by atoms with van der Waals surface area (Å²) in [6, 6.07) is 0. The summed E-state index contributed by atoms with van der Waals surface area (Å²) in [4.78, 5) is 25.3. The number of rotatable bonds is 10. The van der Waals surface area contributed by atoms with Crippen LogP contribution in [0, 0.1) is 5.92 Å². The second kappa shape index (κ2) is 14.2. The Morgan fingerprint density at radius 3 is 3.00 bits per heavy atom. The molecule has 1 aromatic heterocycles. The molecule has 2 heterocycles. The fourth-order valence-corrected chi connectivity index (χ4v) is 4.28. The molecule has 10 heteroatoms. The van der Waals surface area contributed by atoms with Crippen molar-refractivity contribution in [1.29, 1.82) is 0 Å². The van der Waals surface area contributed by atoms with Gasteiger partial charge >= 0.3 is 0 Å². The molecule has 0 aliphatic carbocycles. The first-order valence-corrected chi connectivity index (χ1v) is 11.3. The van der Waals surface area contributed by atoms with Crippen molar-refractivity contribution >= 4 is 47.2 Å². The molecule has 1 aromatic rings. The van der Waals surface area contributed by atoms with E-state index in [9.17, 15) is 4.79 Å². The van der Waals surface area contributed by atoms with Crippen LogP contribution in [-0.2, 0) is 16.1 Å². The summed E-state index contributed by atoms with van der Waals surface area (Å²) in [5, 5.41) is 6.43. The first-order chi connectivity index (χ1) is 13.9. The van der Waals surface area contributed by atoms with Gasteiger partial charge in [-0.1, -0.05) is 0 Å². The minimum atomic E-state index is -0.172. The summed E-state index contributed by atoms with van der Waals surface area (Å²) >= 11 is 1.63. The molecule has 0 spiro atoms. The van der Waals surface area contributed by atoms with E-state index in [1.54, 1.807) is 18.4 Å². The molecule has 1 fully saturated rings. The Kier molecular flexibility index (Phi) is 12.8.